The van der Waals surface area contributed by atoms with Crippen molar-refractivity contribution in [1.29, 1.82) is 0 Å². The number of carbonyl (C=O) groups excluding carboxylic acids is 2. The van der Waals surface area contributed by atoms with E-state index >= 15 is 0 Å². The Hall–Kier alpha value is -1.56. The molecule has 0 aliphatic heterocycles. The molecule has 3 unspecified atom stereocenters. The van der Waals surface area contributed by atoms with Crippen molar-refractivity contribution in [2.75, 3.05) is 33.8 Å². The quantitative estimate of drug-likeness (QED) is 0.0422. The van der Waals surface area contributed by atoms with E-state index in [4.69, 9.17) is 9.47 Å². The minimum absolute atomic E-state index is 0.0679. The molecule has 1 aliphatic carbocycles. The molecule has 6 heteroatoms. The molecule has 1 amide bonds. The minimum atomic E-state index is -0.346. The molecule has 1 saturated carbocycles. The molecule has 0 heterocycles. The summed E-state index contributed by atoms with van der Waals surface area (Å²) in [5.74, 6) is 0.752. The van der Waals surface area contributed by atoms with Gasteiger partial charge in [-0.15, -0.1) is 0 Å². The highest BCUT2D eigenvalue weighted by molar-refractivity contribution is 5.70. The molecule has 0 aromatic carbocycles. The molecule has 288 valence electrons. The highest BCUT2D eigenvalue weighted by atomic mass is 16.6. The Morgan fingerprint density at radius 3 is 1.71 bits per heavy atom. The fraction of sp³-hybridized carbons (Fsp3) is 0.907. The first-order valence-electron chi connectivity index (χ1n) is 21.3. The van der Waals surface area contributed by atoms with Gasteiger partial charge in [0.1, 0.15) is 6.10 Å². The second kappa shape index (κ2) is 32.4. The van der Waals surface area contributed by atoms with E-state index in [1.807, 2.05) is 19.0 Å². The lowest BCUT2D eigenvalue weighted by Gasteiger charge is -2.24. The van der Waals surface area contributed by atoms with Gasteiger partial charge in [-0.3, -0.25) is 4.79 Å². The van der Waals surface area contributed by atoms with Gasteiger partial charge < -0.3 is 19.7 Å². The third-order valence-electron chi connectivity index (χ3n) is 10.6. The van der Waals surface area contributed by atoms with Crippen molar-refractivity contribution < 1.29 is 19.1 Å². The van der Waals surface area contributed by atoms with E-state index in [0.717, 1.165) is 32.2 Å². The average Bonchev–Trinajstić information content (AvgIpc) is 3.44. The Morgan fingerprint density at radius 2 is 1.22 bits per heavy atom. The Balaban J connectivity index is 2.54. The van der Waals surface area contributed by atoms with Gasteiger partial charge in [-0.05, 0) is 64.5 Å². The van der Waals surface area contributed by atoms with Crippen molar-refractivity contribution in [3.8, 4) is 0 Å². The van der Waals surface area contributed by atoms with E-state index in [1.165, 1.54) is 141 Å². The largest absolute Gasteiger partial charge is 0.465 e. The van der Waals surface area contributed by atoms with Gasteiger partial charge in [0.2, 0.25) is 0 Å². The van der Waals surface area contributed by atoms with Crippen LogP contribution in [0.1, 0.15) is 194 Å². The van der Waals surface area contributed by atoms with Crippen molar-refractivity contribution >= 4 is 12.1 Å². The number of likely N-dealkylation sites (N-methyl/N-ethyl adjacent to an activating group) is 1. The van der Waals surface area contributed by atoms with Crippen LogP contribution in [-0.2, 0) is 14.3 Å². The van der Waals surface area contributed by atoms with E-state index in [-0.39, 0.29) is 30.0 Å². The molecule has 0 bridgehead atoms. The van der Waals surface area contributed by atoms with Gasteiger partial charge in [-0.2, -0.15) is 0 Å². The number of nitrogens with zero attached hydrogens (tertiary/aromatic N) is 1. The summed E-state index contributed by atoms with van der Waals surface area (Å²) in [7, 11) is 3.98. The van der Waals surface area contributed by atoms with Crippen LogP contribution in [-0.4, -0.2) is 56.9 Å². The number of nitrogens with one attached hydrogen (secondary N) is 1. The Morgan fingerprint density at radius 1 is 0.714 bits per heavy atom. The molecule has 0 aromatic rings. The number of ether oxygens (including phenoxy) is 2. The van der Waals surface area contributed by atoms with E-state index in [1.54, 1.807) is 0 Å². The van der Waals surface area contributed by atoms with Crippen LogP contribution in [0.5, 0.6) is 0 Å². The van der Waals surface area contributed by atoms with Gasteiger partial charge in [0.15, 0.2) is 0 Å². The summed E-state index contributed by atoms with van der Waals surface area (Å²) in [6.07, 6.45) is 37.2. The average molecular weight is 691 g/mol. The maximum atomic E-state index is 13.2. The van der Waals surface area contributed by atoms with Crippen LogP contribution in [0.15, 0.2) is 12.2 Å². The van der Waals surface area contributed by atoms with Gasteiger partial charge in [0.25, 0.3) is 0 Å². The molecule has 0 radical (unpaired) electrons. The molecule has 1 N–H and O–H groups in total. The molecule has 6 nitrogen and oxygen atoms in total. The molecule has 1 aliphatic rings. The molecule has 1 rings (SSSR count). The van der Waals surface area contributed by atoms with Crippen molar-refractivity contribution in [3.05, 3.63) is 12.2 Å². The fourth-order valence-electron chi connectivity index (χ4n) is 7.47. The van der Waals surface area contributed by atoms with Crippen LogP contribution < -0.4 is 5.32 Å². The second-order valence-corrected chi connectivity index (χ2v) is 15.5. The number of allylic oxidation sites excluding steroid dienone is 2. The topological polar surface area (TPSA) is 67.9 Å². The number of alkyl carbamates (subject to hydrolysis) is 1. The third-order valence-corrected chi connectivity index (χ3v) is 10.6. The van der Waals surface area contributed by atoms with Crippen molar-refractivity contribution in [2.45, 2.75) is 200 Å². The first kappa shape index (κ1) is 45.5. The number of unbranched alkanes of at least 4 members (excludes halogenated alkanes) is 18. The Kier molecular flexibility index (Phi) is 30.0. The molecular weight excluding hydrogens is 608 g/mol. The normalized spacial score (nSPS) is 17.8. The zero-order valence-corrected chi connectivity index (χ0v) is 33.3. The van der Waals surface area contributed by atoms with E-state index < -0.39 is 0 Å². The summed E-state index contributed by atoms with van der Waals surface area (Å²) in [5, 5.41) is 2.88. The molecule has 0 aromatic heterocycles. The predicted octanol–water partition coefficient (Wildman–Crippen LogP) is 12.2. The number of hydrogen-bond donors (Lipinski definition) is 1. The van der Waals surface area contributed by atoms with Crippen LogP contribution in [0, 0.1) is 17.8 Å². The lowest BCUT2D eigenvalue weighted by Crippen LogP contribution is -2.35. The summed E-state index contributed by atoms with van der Waals surface area (Å²) in [6, 6.07) is 0. The van der Waals surface area contributed by atoms with Crippen LogP contribution in [0.3, 0.4) is 0 Å². The lowest BCUT2D eigenvalue weighted by molar-refractivity contribution is -0.146. The van der Waals surface area contributed by atoms with Crippen LogP contribution >= 0.6 is 0 Å². The van der Waals surface area contributed by atoms with Crippen LogP contribution in [0.2, 0.25) is 0 Å². The fourth-order valence-corrected chi connectivity index (χ4v) is 7.47. The first-order valence-corrected chi connectivity index (χ1v) is 21.3. The van der Waals surface area contributed by atoms with Crippen LogP contribution in [0.4, 0.5) is 4.79 Å². The summed E-state index contributed by atoms with van der Waals surface area (Å²) < 4.78 is 11.9. The molecule has 49 heavy (non-hydrogen) atoms. The van der Waals surface area contributed by atoms with E-state index in [0.29, 0.717) is 25.5 Å². The van der Waals surface area contributed by atoms with Crippen molar-refractivity contribution in [3.63, 3.8) is 0 Å². The summed E-state index contributed by atoms with van der Waals surface area (Å²) in [4.78, 5) is 27.8. The smallest absolute Gasteiger partial charge is 0.407 e. The van der Waals surface area contributed by atoms with Crippen molar-refractivity contribution in [1.82, 2.24) is 10.2 Å². The van der Waals surface area contributed by atoms with Gasteiger partial charge in [0.05, 0.1) is 6.61 Å². The molecule has 0 saturated heterocycles. The molecular formula is C43H82N2O4. The monoisotopic (exact) mass is 691 g/mol. The zero-order chi connectivity index (χ0) is 35.8. The second-order valence-electron chi connectivity index (χ2n) is 15.5. The summed E-state index contributed by atoms with van der Waals surface area (Å²) in [5.41, 5.74) is 0. The first-order chi connectivity index (χ1) is 23.9. The molecule has 1 fully saturated rings. The summed E-state index contributed by atoms with van der Waals surface area (Å²) >= 11 is 0. The number of esters is 1. The van der Waals surface area contributed by atoms with E-state index in [9.17, 15) is 9.59 Å². The number of carbonyl (C=O) groups is 2. The Bertz CT molecular complexity index is 777. The summed E-state index contributed by atoms with van der Waals surface area (Å²) in [6.45, 7) is 8.60. The van der Waals surface area contributed by atoms with Gasteiger partial charge in [0, 0.05) is 25.4 Å². The van der Waals surface area contributed by atoms with E-state index in [2.05, 4.69) is 38.2 Å². The highest BCUT2D eigenvalue weighted by Crippen LogP contribution is 2.39. The number of amides is 1. The number of hydrogen-bond acceptors (Lipinski definition) is 5. The zero-order valence-electron chi connectivity index (χ0n) is 33.3. The number of rotatable bonds is 33. The predicted molar refractivity (Wildman–Crippen MR) is 209 cm³/mol. The lowest BCUT2D eigenvalue weighted by atomic mass is 9.88. The third kappa shape index (κ3) is 26.0. The highest BCUT2D eigenvalue weighted by Gasteiger charge is 2.39. The standard InChI is InChI=1S/C43H82N2O4/c1-6-9-12-14-16-18-20-22-24-27-29-38(30-28-25-23-21-19-17-15-13-10-7-2)37-48-42(46)36-39-32-33-41(40(39)31-26-11-8-3)49-43(47)44-34-35-45(4)5/h11,26,38-41H,6-10,12-25,27-37H2,1-5H3,(H,44,47)/b26-11-. The maximum absolute atomic E-state index is 13.2. The SMILES string of the molecule is CC/C=C\CC1C(CC(=O)OCC(CCCCCCCCCCCC)CCCCCCCCCCCC)CCC1OC(=O)NCCN(C)C. The van der Waals surface area contributed by atoms with Gasteiger partial charge in [-0.1, -0.05) is 161 Å². The maximum Gasteiger partial charge on any atom is 0.407 e. The minimum Gasteiger partial charge on any atom is -0.465 e. The molecule has 0 spiro atoms. The van der Waals surface area contributed by atoms with Crippen LogP contribution in [0.25, 0.3) is 0 Å². The van der Waals surface area contributed by atoms with Gasteiger partial charge in [-0.25, -0.2) is 4.79 Å². The van der Waals surface area contributed by atoms with Crippen molar-refractivity contribution in [2.24, 2.45) is 17.8 Å². The molecule has 3 atom stereocenters. The Labute approximate surface area is 304 Å². The van der Waals surface area contributed by atoms with Gasteiger partial charge >= 0.3 is 12.1 Å².